The predicted octanol–water partition coefficient (Wildman–Crippen LogP) is 2.17. The van der Waals surface area contributed by atoms with Crippen LogP contribution in [0.1, 0.15) is 21.5 Å². The Morgan fingerprint density at radius 2 is 2.24 bits per heavy atom. The molecule has 1 aromatic rings. The van der Waals surface area contributed by atoms with Crippen LogP contribution in [0.2, 0.25) is 0 Å². The van der Waals surface area contributed by atoms with E-state index in [0.29, 0.717) is 17.2 Å². The quantitative estimate of drug-likeness (QED) is 0.874. The fraction of sp³-hybridized carbons (Fsp3) is 0.545. The SMILES string of the molecule is CNC(C)CNC(=O)c1sc(C)c(Br)c1OC. The molecule has 0 saturated heterocycles. The molecular weight excluding hydrogens is 304 g/mol. The second kappa shape index (κ2) is 6.37. The van der Waals surface area contributed by atoms with E-state index in [1.165, 1.54) is 11.3 Å². The molecule has 0 spiro atoms. The van der Waals surface area contributed by atoms with Gasteiger partial charge in [0.1, 0.15) is 4.88 Å². The number of halogens is 1. The van der Waals surface area contributed by atoms with Gasteiger partial charge in [0.05, 0.1) is 11.6 Å². The maximum absolute atomic E-state index is 12.0. The highest BCUT2D eigenvalue weighted by Crippen LogP contribution is 2.38. The van der Waals surface area contributed by atoms with Crippen molar-refractivity contribution in [1.82, 2.24) is 10.6 Å². The summed E-state index contributed by atoms with van der Waals surface area (Å²) in [6.07, 6.45) is 0. The van der Waals surface area contributed by atoms with Gasteiger partial charge in [0, 0.05) is 17.5 Å². The van der Waals surface area contributed by atoms with Crippen molar-refractivity contribution >= 4 is 33.2 Å². The van der Waals surface area contributed by atoms with E-state index in [0.717, 1.165) is 9.35 Å². The summed E-state index contributed by atoms with van der Waals surface area (Å²) < 4.78 is 6.10. The van der Waals surface area contributed by atoms with Crippen molar-refractivity contribution in [2.75, 3.05) is 20.7 Å². The highest BCUT2D eigenvalue weighted by atomic mass is 79.9. The van der Waals surface area contributed by atoms with Gasteiger partial charge in [-0.3, -0.25) is 4.79 Å². The van der Waals surface area contributed by atoms with Crippen molar-refractivity contribution in [3.63, 3.8) is 0 Å². The number of ether oxygens (including phenoxy) is 1. The number of aryl methyl sites for hydroxylation is 1. The van der Waals surface area contributed by atoms with Gasteiger partial charge in [0.25, 0.3) is 5.91 Å². The van der Waals surface area contributed by atoms with Gasteiger partial charge in [-0.05, 0) is 36.8 Å². The number of rotatable bonds is 5. The zero-order valence-corrected chi connectivity index (χ0v) is 12.8. The van der Waals surface area contributed by atoms with Gasteiger partial charge in [-0.2, -0.15) is 0 Å². The maximum Gasteiger partial charge on any atom is 0.265 e. The first-order valence-corrected chi connectivity index (χ1v) is 6.90. The van der Waals surface area contributed by atoms with Crippen LogP contribution in [-0.4, -0.2) is 32.7 Å². The standard InChI is InChI=1S/C11H17BrN2O2S/c1-6(13-3)5-14-11(15)10-9(16-4)8(12)7(2)17-10/h6,13H,5H2,1-4H3,(H,14,15). The molecule has 0 bridgehead atoms. The topological polar surface area (TPSA) is 50.4 Å². The van der Waals surface area contributed by atoms with Crippen molar-refractivity contribution in [1.29, 1.82) is 0 Å². The van der Waals surface area contributed by atoms with Crippen molar-refractivity contribution in [2.24, 2.45) is 0 Å². The Morgan fingerprint density at radius 3 is 2.76 bits per heavy atom. The van der Waals surface area contributed by atoms with E-state index < -0.39 is 0 Å². The van der Waals surface area contributed by atoms with Crippen LogP contribution in [-0.2, 0) is 0 Å². The molecule has 0 aliphatic rings. The van der Waals surface area contributed by atoms with Crippen molar-refractivity contribution in [3.05, 3.63) is 14.2 Å². The van der Waals surface area contributed by atoms with Gasteiger partial charge in [-0.1, -0.05) is 0 Å². The van der Waals surface area contributed by atoms with E-state index >= 15 is 0 Å². The number of methoxy groups -OCH3 is 1. The summed E-state index contributed by atoms with van der Waals surface area (Å²) in [4.78, 5) is 13.6. The minimum absolute atomic E-state index is 0.0947. The Bertz CT molecular complexity index is 406. The number of hydrogen-bond donors (Lipinski definition) is 2. The number of carbonyl (C=O) groups excluding carboxylic acids is 1. The third-order valence-electron chi connectivity index (χ3n) is 2.44. The molecule has 0 radical (unpaired) electrons. The molecule has 1 atom stereocenters. The summed E-state index contributed by atoms with van der Waals surface area (Å²) in [5.41, 5.74) is 0. The minimum Gasteiger partial charge on any atom is -0.494 e. The van der Waals surface area contributed by atoms with Crippen molar-refractivity contribution < 1.29 is 9.53 Å². The molecule has 0 fully saturated rings. The summed E-state index contributed by atoms with van der Waals surface area (Å²) in [7, 11) is 3.43. The Kier molecular flexibility index (Phi) is 5.42. The highest BCUT2D eigenvalue weighted by molar-refractivity contribution is 9.10. The van der Waals surface area contributed by atoms with E-state index in [4.69, 9.17) is 4.74 Å². The lowest BCUT2D eigenvalue weighted by Crippen LogP contribution is -2.36. The number of thiophene rings is 1. The van der Waals surface area contributed by atoms with Gasteiger partial charge in [0.15, 0.2) is 5.75 Å². The zero-order valence-electron chi connectivity index (χ0n) is 10.4. The summed E-state index contributed by atoms with van der Waals surface area (Å²) in [6, 6.07) is 0.245. The van der Waals surface area contributed by atoms with Crippen LogP contribution in [0, 0.1) is 6.92 Å². The van der Waals surface area contributed by atoms with E-state index in [-0.39, 0.29) is 11.9 Å². The van der Waals surface area contributed by atoms with E-state index in [9.17, 15) is 4.79 Å². The van der Waals surface area contributed by atoms with Crippen LogP contribution >= 0.6 is 27.3 Å². The third-order valence-corrected chi connectivity index (χ3v) is 4.74. The molecule has 96 valence electrons. The minimum atomic E-state index is -0.0947. The molecular formula is C11H17BrN2O2S. The first-order chi connectivity index (χ1) is 8.01. The van der Waals surface area contributed by atoms with Gasteiger partial charge < -0.3 is 15.4 Å². The first kappa shape index (κ1) is 14.5. The Hall–Kier alpha value is -0.590. The Labute approximate surface area is 114 Å². The molecule has 2 N–H and O–H groups in total. The number of carbonyl (C=O) groups is 1. The second-order valence-corrected chi connectivity index (χ2v) is 5.75. The number of hydrogen-bond acceptors (Lipinski definition) is 4. The summed E-state index contributed by atoms with van der Waals surface area (Å²) >= 11 is 4.84. The van der Waals surface area contributed by atoms with E-state index in [1.54, 1.807) is 7.11 Å². The smallest absolute Gasteiger partial charge is 0.265 e. The van der Waals surface area contributed by atoms with Crippen LogP contribution in [0.25, 0.3) is 0 Å². The van der Waals surface area contributed by atoms with Crippen LogP contribution in [0.4, 0.5) is 0 Å². The van der Waals surface area contributed by atoms with E-state index in [1.807, 2.05) is 20.9 Å². The van der Waals surface area contributed by atoms with Crippen LogP contribution in [0.3, 0.4) is 0 Å². The molecule has 1 amide bonds. The fourth-order valence-electron chi connectivity index (χ4n) is 1.26. The lowest BCUT2D eigenvalue weighted by atomic mass is 10.3. The number of likely N-dealkylation sites (N-methyl/N-ethyl adjacent to an activating group) is 1. The third kappa shape index (κ3) is 3.43. The second-order valence-electron chi connectivity index (χ2n) is 3.73. The zero-order chi connectivity index (χ0) is 13.0. The van der Waals surface area contributed by atoms with Gasteiger partial charge in [-0.15, -0.1) is 11.3 Å². The lowest BCUT2D eigenvalue weighted by molar-refractivity contribution is 0.0952. The fourth-order valence-corrected chi connectivity index (χ4v) is 2.93. The Morgan fingerprint density at radius 1 is 1.59 bits per heavy atom. The normalized spacial score (nSPS) is 12.3. The van der Waals surface area contributed by atoms with Gasteiger partial charge >= 0.3 is 0 Å². The largest absolute Gasteiger partial charge is 0.494 e. The first-order valence-electron chi connectivity index (χ1n) is 5.29. The lowest BCUT2D eigenvalue weighted by Gasteiger charge is -2.11. The monoisotopic (exact) mass is 320 g/mol. The highest BCUT2D eigenvalue weighted by Gasteiger charge is 2.20. The summed E-state index contributed by atoms with van der Waals surface area (Å²) in [5, 5.41) is 5.94. The molecule has 17 heavy (non-hydrogen) atoms. The molecule has 1 rings (SSSR count). The molecule has 0 aliphatic carbocycles. The molecule has 1 heterocycles. The summed E-state index contributed by atoms with van der Waals surface area (Å²) in [6.45, 7) is 4.55. The molecule has 0 saturated carbocycles. The summed E-state index contributed by atoms with van der Waals surface area (Å²) in [5.74, 6) is 0.518. The van der Waals surface area contributed by atoms with E-state index in [2.05, 4.69) is 26.6 Å². The average molecular weight is 321 g/mol. The van der Waals surface area contributed by atoms with Crippen LogP contribution < -0.4 is 15.4 Å². The molecule has 6 heteroatoms. The molecule has 1 unspecified atom stereocenters. The van der Waals surface area contributed by atoms with Crippen molar-refractivity contribution in [2.45, 2.75) is 19.9 Å². The van der Waals surface area contributed by atoms with Gasteiger partial charge in [-0.25, -0.2) is 0 Å². The predicted molar refractivity (Wildman–Crippen MR) is 74.2 cm³/mol. The molecule has 0 aromatic carbocycles. The van der Waals surface area contributed by atoms with Crippen LogP contribution in [0.15, 0.2) is 4.47 Å². The Balaban J connectivity index is 2.78. The molecule has 1 aromatic heterocycles. The maximum atomic E-state index is 12.0. The van der Waals surface area contributed by atoms with Gasteiger partial charge in [0.2, 0.25) is 0 Å². The molecule has 4 nitrogen and oxygen atoms in total. The molecule has 0 aliphatic heterocycles. The van der Waals surface area contributed by atoms with Crippen molar-refractivity contribution in [3.8, 4) is 5.75 Å². The average Bonchev–Trinajstić information content (AvgIpc) is 2.62. The van der Waals surface area contributed by atoms with Crippen LogP contribution in [0.5, 0.6) is 5.75 Å². The number of nitrogens with one attached hydrogen (secondary N) is 2. The number of amides is 1.